The summed E-state index contributed by atoms with van der Waals surface area (Å²) in [5.74, 6) is 2.40. The topological polar surface area (TPSA) is 30.5 Å². The molecule has 0 aliphatic carbocycles. The number of ether oxygens (including phenoxy) is 2. The average molecular weight is 272 g/mol. The molecule has 3 nitrogen and oxygen atoms in total. The number of benzene rings is 1. The summed E-state index contributed by atoms with van der Waals surface area (Å²) in [5, 5.41) is 3.43. The summed E-state index contributed by atoms with van der Waals surface area (Å²) in [6.45, 7) is 3.65. The molecule has 1 atom stereocenters. The Hall–Kier alpha value is -0.930. The second-order valence-electron chi connectivity index (χ2n) is 4.06. The molecule has 4 heteroatoms. The number of hydrogen-bond donors (Lipinski definition) is 1. The van der Waals surface area contributed by atoms with Crippen molar-refractivity contribution in [1.29, 1.82) is 0 Å². The molecule has 1 aromatic rings. The first-order valence-electron chi connectivity index (χ1n) is 6.36. The minimum Gasteiger partial charge on any atom is -0.497 e. The number of nitrogens with one attached hydrogen (secondary N) is 1. The Kier molecular flexibility index (Phi) is 7.62. The van der Waals surface area contributed by atoms with Crippen LogP contribution in [-0.2, 0) is 0 Å². The van der Waals surface area contributed by atoms with E-state index in [-0.39, 0.29) is 0 Å². The van der Waals surface area contributed by atoms with Gasteiger partial charge in [-0.05, 0) is 37.1 Å². The van der Waals surface area contributed by atoms with Crippen molar-refractivity contribution in [3.05, 3.63) is 24.3 Å². The van der Waals surface area contributed by atoms with Gasteiger partial charge in [0, 0.05) is 18.5 Å². The molecule has 102 valence electrons. The normalized spacial score (nSPS) is 12.2. The van der Waals surface area contributed by atoms with Crippen LogP contribution in [0.25, 0.3) is 0 Å². The summed E-state index contributed by atoms with van der Waals surface area (Å²) >= 11 is 5.73. The molecule has 0 bridgehead atoms. The van der Waals surface area contributed by atoms with E-state index in [1.54, 1.807) is 7.11 Å². The largest absolute Gasteiger partial charge is 0.497 e. The fourth-order valence-corrected chi connectivity index (χ4v) is 1.95. The molecule has 0 spiro atoms. The highest BCUT2D eigenvalue weighted by Crippen LogP contribution is 2.16. The first-order chi connectivity index (χ1) is 8.80. The van der Waals surface area contributed by atoms with Crippen LogP contribution in [0.4, 0.5) is 0 Å². The molecular formula is C14H22ClNO2. The lowest BCUT2D eigenvalue weighted by Gasteiger charge is -2.15. The van der Waals surface area contributed by atoms with Gasteiger partial charge in [0.05, 0.1) is 7.11 Å². The van der Waals surface area contributed by atoms with E-state index in [0.29, 0.717) is 18.5 Å². The molecule has 1 unspecified atom stereocenters. The van der Waals surface area contributed by atoms with Crippen molar-refractivity contribution in [1.82, 2.24) is 5.32 Å². The van der Waals surface area contributed by atoms with Gasteiger partial charge >= 0.3 is 0 Å². The van der Waals surface area contributed by atoms with Crippen molar-refractivity contribution in [2.45, 2.75) is 25.8 Å². The zero-order valence-corrected chi connectivity index (χ0v) is 11.9. The number of alkyl halides is 1. The van der Waals surface area contributed by atoms with Gasteiger partial charge in [0.2, 0.25) is 0 Å². The molecule has 1 rings (SSSR count). The van der Waals surface area contributed by atoms with Crippen molar-refractivity contribution in [2.75, 3.05) is 26.1 Å². The minimum absolute atomic E-state index is 0.488. The molecule has 0 saturated heterocycles. The molecule has 1 aromatic carbocycles. The minimum atomic E-state index is 0.488. The predicted octanol–water partition coefficient (Wildman–Crippen LogP) is 3.07. The van der Waals surface area contributed by atoms with E-state index in [0.717, 1.165) is 30.9 Å². The van der Waals surface area contributed by atoms with E-state index in [1.165, 1.54) is 0 Å². The average Bonchev–Trinajstić information content (AvgIpc) is 2.43. The number of hydrogen-bond acceptors (Lipinski definition) is 3. The third kappa shape index (κ3) is 5.61. The summed E-state index contributed by atoms with van der Waals surface area (Å²) in [6, 6.07) is 8.10. The maximum absolute atomic E-state index is 5.73. The van der Waals surface area contributed by atoms with Gasteiger partial charge in [-0.1, -0.05) is 6.92 Å². The van der Waals surface area contributed by atoms with Crippen molar-refractivity contribution < 1.29 is 9.47 Å². The molecule has 18 heavy (non-hydrogen) atoms. The van der Waals surface area contributed by atoms with E-state index in [1.807, 2.05) is 24.3 Å². The molecular weight excluding hydrogens is 250 g/mol. The van der Waals surface area contributed by atoms with E-state index >= 15 is 0 Å². The monoisotopic (exact) mass is 271 g/mol. The van der Waals surface area contributed by atoms with Gasteiger partial charge < -0.3 is 14.8 Å². The Bertz CT molecular complexity index is 316. The zero-order valence-electron chi connectivity index (χ0n) is 11.1. The lowest BCUT2D eigenvalue weighted by molar-refractivity contribution is 0.302. The molecule has 0 aromatic heterocycles. The highest BCUT2D eigenvalue weighted by Gasteiger charge is 2.03. The summed E-state index contributed by atoms with van der Waals surface area (Å²) < 4.78 is 10.7. The van der Waals surface area contributed by atoms with Crippen molar-refractivity contribution >= 4 is 11.6 Å². The third-order valence-electron chi connectivity index (χ3n) is 2.81. The fraction of sp³-hybridized carbons (Fsp3) is 0.571. The lowest BCUT2D eigenvalue weighted by atomic mass is 10.2. The van der Waals surface area contributed by atoms with E-state index in [2.05, 4.69) is 12.2 Å². The quantitative estimate of drug-likeness (QED) is 0.553. The van der Waals surface area contributed by atoms with Crippen molar-refractivity contribution in [3.63, 3.8) is 0 Å². The Morgan fingerprint density at radius 2 is 1.89 bits per heavy atom. The van der Waals surface area contributed by atoms with Crippen LogP contribution in [-0.4, -0.2) is 32.2 Å². The van der Waals surface area contributed by atoms with Crippen LogP contribution in [0, 0.1) is 0 Å². The Morgan fingerprint density at radius 3 is 2.44 bits per heavy atom. The third-order valence-corrected chi connectivity index (χ3v) is 3.03. The molecule has 0 fully saturated rings. The van der Waals surface area contributed by atoms with Gasteiger partial charge in [0.1, 0.15) is 18.1 Å². The van der Waals surface area contributed by atoms with Crippen LogP contribution >= 0.6 is 11.6 Å². The van der Waals surface area contributed by atoms with Crippen LogP contribution < -0.4 is 14.8 Å². The molecule has 0 amide bonds. The first kappa shape index (κ1) is 15.1. The van der Waals surface area contributed by atoms with Crippen LogP contribution in [0.5, 0.6) is 11.5 Å². The summed E-state index contributed by atoms with van der Waals surface area (Å²) in [5.41, 5.74) is 0. The zero-order chi connectivity index (χ0) is 13.2. The van der Waals surface area contributed by atoms with Crippen LogP contribution in [0.1, 0.15) is 19.8 Å². The maximum Gasteiger partial charge on any atom is 0.119 e. The van der Waals surface area contributed by atoms with Gasteiger partial charge in [0.15, 0.2) is 0 Å². The fourth-order valence-electron chi connectivity index (χ4n) is 1.69. The number of halogens is 1. The van der Waals surface area contributed by atoms with Gasteiger partial charge in [-0.3, -0.25) is 0 Å². The Morgan fingerprint density at radius 1 is 1.22 bits per heavy atom. The first-order valence-corrected chi connectivity index (χ1v) is 6.89. The van der Waals surface area contributed by atoms with Gasteiger partial charge in [-0.15, -0.1) is 11.6 Å². The van der Waals surface area contributed by atoms with E-state index in [9.17, 15) is 0 Å². The maximum atomic E-state index is 5.73. The SMILES string of the molecule is CCC(CCCl)NCCOc1ccc(OC)cc1. The van der Waals surface area contributed by atoms with Crippen LogP contribution in [0.3, 0.4) is 0 Å². The lowest BCUT2D eigenvalue weighted by Crippen LogP contribution is -2.32. The highest BCUT2D eigenvalue weighted by atomic mass is 35.5. The van der Waals surface area contributed by atoms with Gasteiger partial charge in [-0.25, -0.2) is 0 Å². The van der Waals surface area contributed by atoms with Crippen molar-refractivity contribution in [3.8, 4) is 11.5 Å². The van der Waals surface area contributed by atoms with Gasteiger partial charge in [-0.2, -0.15) is 0 Å². The standard InChI is InChI=1S/C14H22ClNO2/c1-3-12(8-9-15)16-10-11-18-14-6-4-13(17-2)5-7-14/h4-7,12,16H,3,8-11H2,1-2H3. The van der Waals surface area contributed by atoms with E-state index < -0.39 is 0 Å². The number of methoxy groups -OCH3 is 1. The van der Waals surface area contributed by atoms with Crippen molar-refractivity contribution in [2.24, 2.45) is 0 Å². The van der Waals surface area contributed by atoms with E-state index in [4.69, 9.17) is 21.1 Å². The predicted molar refractivity (Wildman–Crippen MR) is 75.9 cm³/mol. The molecule has 0 aliphatic heterocycles. The second-order valence-corrected chi connectivity index (χ2v) is 4.44. The molecule has 1 N–H and O–H groups in total. The van der Waals surface area contributed by atoms with Gasteiger partial charge in [0.25, 0.3) is 0 Å². The summed E-state index contributed by atoms with van der Waals surface area (Å²) in [4.78, 5) is 0. The Balaban J connectivity index is 2.20. The van der Waals surface area contributed by atoms with Crippen LogP contribution in [0.2, 0.25) is 0 Å². The molecule has 0 saturated carbocycles. The Labute approximate surface area is 114 Å². The van der Waals surface area contributed by atoms with Crippen LogP contribution in [0.15, 0.2) is 24.3 Å². The summed E-state index contributed by atoms with van der Waals surface area (Å²) in [6.07, 6.45) is 2.09. The summed E-state index contributed by atoms with van der Waals surface area (Å²) in [7, 11) is 1.65. The number of rotatable bonds is 9. The smallest absolute Gasteiger partial charge is 0.119 e. The second kappa shape index (κ2) is 9.06. The molecule has 0 heterocycles. The molecule has 0 aliphatic rings. The highest BCUT2D eigenvalue weighted by molar-refractivity contribution is 6.17. The molecule has 0 radical (unpaired) electrons.